The second-order valence-electron chi connectivity index (χ2n) is 12.0. The van der Waals surface area contributed by atoms with Crippen LogP contribution in [0.4, 0.5) is 0 Å². The monoisotopic (exact) mass is 356 g/mol. The van der Waals surface area contributed by atoms with Crippen LogP contribution in [0.1, 0.15) is 73.1 Å². The lowest BCUT2D eigenvalue weighted by Gasteiger charge is -2.62. The Morgan fingerprint density at radius 1 is 1.15 bits per heavy atom. The molecule has 1 N–H and O–H groups in total. The normalized spacial score (nSPS) is 57.8. The van der Waals surface area contributed by atoms with Crippen molar-refractivity contribution >= 4 is 5.78 Å². The Labute approximate surface area is 158 Å². The molecule has 4 saturated carbocycles. The third-order valence-electron chi connectivity index (χ3n) is 9.99. The minimum atomic E-state index is -0.663. The summed E-state index contributed by atoms with van der Waals surface area (Å²) < 4.78 is 0. The van der Waals surface area contributed by atoms with Gasteiger partial charge in [0.25, 0.3) is 0 Å². The molecule has 0 unspecified atom stereocenters. The summed E-state index contributed by atoms with van der Waals surface area (Å²) in [7, 11) is 0. The van der Waals surface area contributed by atoms with Gasteiger partial charge in [0.1, 0.15) is 5.78 Å². The van der Waals surface area contributed by atoms with E-state index in [1.807, 2.05) is 0 Å². The molecule has 5 aliphatic carbocycles. The molecule has 9 atom stereocenters. The Morgan fingerprint density at radius 2 is 1.88 bits per heavy atom. The molecular weight excluding hydrogens is 320 g/mol. The van der Waals surface area contributed by atoms with Gasteiger partial charge in [-0.15, -0.1) is 0 Å². The molecule has 5 rings (SSSR count). The van der Waals surface area contributed by atoms with E-state index in [0.29, 0.717) is 41.3 Å². The molecule has 0 aromatic carbocycles. The summed E-state index contributed by atoms with van der Waals surface area (Å²) in [4.78, 5) is 12.9. The summed E-state index contributed by atoms with van der Waals surface area (Å²) in [6, 6.07) is 0. The van der Waals surface area contributed by atoms with Crippen molar-refractivity contribution in [1.82, 2.24) is 0 Å². The van der Waals surface area contributed by atoms with Crippen molar-refractivity contribution in [3.8, 4) is 0 Å². The van der Waals surface area contributed by atoms with Crippen LogP contribution < -0.4 is 0 Å². The van der Waals surface area contributed by atoms with E-state index in [-0.39, 0.29) is 16.2 Å². The maximum absolute atomic E-state index is 12.9. The summed E-state index contributed by atoms with van der Waals surface area (Å²) in [6.45, 7) is 11.6. The topological polar surface area (TPSA) is 37.3 Å². The van der Waals surface area contributed by atoms with E-state index in [9.17, 15) is 9.90 Å². The van der Waals surface area contributed by atoms with Crippen LogP contribution in [0.5, 0.6) is 0 Å². The van der Waals surface area contributed by atoms with E-state index >= 15 is 0 Å². The van der Waals surface area contributed by atoms with E-state index < -0.39 is 5.60 Å². The largest absolute Gasteiger partial charge is 0.385 e. The fraction of sp³-hybridized carbons (Fsp3) is 0.875. The van der Waals surface area contributed by atoms with E-state index in [1.165, 1.54) is 6.42 Å². The van der Waals surface area contributed by atoms with Crippen molar-refractivity contribution in [2.75, 3.05) is 0 Å². The van der Waals surface area contributed by atoms with E-state index in [1.54, 1.807) is 0 Å². The molecule has 0 saturated heterocycles. The fourth-order valence-corrected chi connectivity index (χ4v) is 8.04. The lowest BCUT2D eigenvalue weighted by molar-refractivity contribution is -0.168. The highest BCUT2D eigenvalue weighted by Crippen LogP contribution is 2.72. The number of ketones is 1. The van der Waals surface area contributed by atoms with Gasteiger partial charge in [0, 0.05) is 16.7 Å². The van der Waals surface area contributed by atoms with Gasteiger partial charge >= 0.3 is 0 Å². The number of Topliss-reactive ketones (excluding diaryl/α,β-unsaturated/α-hetero) is 1. The van der Waals surface area contributed by atoms with Crippen LogP contribution in [0, 0.1) is 51.8 Å². The maximum atomic E-state index is 12.9. The van der Waals surface area contributed by atoms with Gasteiger partial charge < -0.3 is 5.11 Å². The average molecular weight is 357 g/mol. The number of hydrogen-bond acceptors (Lipinski definition) is 2. The Balaban J connectivity index is 1.52. The molecule has 2 nitrogen and oxygen atoms in total. The number of allylic oxidation sites excluding steroid dienone is 1. The van der Waals surface area contributed by atoms with Crippen molar-refractivity contribution in [1.29, 1.82) is 0 Å². The molecule has 0 bridgehead atoms. The summed E-state index contributed by atoms with van der Waals surface area (Å²) >= 11 is 0. The van der Waals surface area contributed by atoms with Crippen molar-refractivity contribution in [2.24, 2.45) is 51.8 Å². The van der Waals surface area contributed by atoms with E-state index in [4.69, 9.17) is 0 Å². The standard InChI is InChI=1S/C24H36O2/c1-21(2,3)14-6-10-23(5)18-8-9-22(4)19(16-12-17(16)20(22)25)15(18)7-11-24(23,26)13-14/h7,11,14-19,26H,6,8-10,12-13H2,1-5H3/t14-,15+,16+,17-,18-,19+,22-,23+,24-/m0/s1. The minimum Gasteiger partial charge on any atom is -0.385 e. The second kappa shape index (κ2) is 4.85. The molecule has 26 heavy (non-hydrogen) atoms. The number of carbonyl (C=O) groups excluding carboxylic acids is 1. The van der Waals surface area contributed by atoms with Crippen LogP contribution in [0.15, 0.2) is 12.2 Å². The zero-order valence-corrected chi connectivity index (χ0v) is 17.2. The van der Waals surface area contributed by atoms with Crippen LogP contribution in [0.2, 0.25) is 0 Å². The molecule has 0 aliphatic heterocycles. The van der Waals surface area contributed by atoms with E-state index in [2.05, 4.69) is 46.8 Å². The zero-order valence-electron chi connectivity index (χ0n) is 17.2. The summed E-state index contributed by atoms with van der Waals surface area (Å²) in [5.41, 5.74) is -0.505. The first kappa shape index (κ1) is 17.5. The van der Waals surface area contributed by atoms with Gasteiger partial charge in [-0.1, -0.05) is 46.8 Å². The average Bonchev–Trinajstić information content (AvgIpc) is 3.29. The highest BCUT2D eigenvalue weighted by atomic mass is 16.3. The van der Waals surface area contributed by atoms with Gasteiger partial charge in [-0.2, -0.15) is 0 Å². The first-order valence-electron chi connectivity index (χ1n) is 11.0. The number of hydrogen-bond donors (Lipinski definition) is 1. The molecule has 0 aromatic heterocycles. The molecule has 4 fully saturated rings. The molecule has 2 heteroatoms. The van der Waals surface area contributed by atoms with Crippen LogP contribution in [-0.4, -0.2) is 16.5 Å². The van der Waals surface area contributed by atoms with E-state index in [0.717, 1.165) is 32.1 Å². The third-order valence-corrected chi connectivity index (χ3v) is 9.99. The molecular formula is C24H36O2. The predicted octanol–water partition coefficient (Wildman–Crippen LogP) is 5.01. The Bertz CT molecular complexity index is 687. The van der Waals surface area contributed by atoms with Crippen molar-refractivity contribution in [2.45, 2.75) is 78.7 Å². The fourth-order valence-electron chi connectivity index (χ4n) is 8.04. The molecule has 0 aromatic rings. The summed E-state index contributed by atoms with van der Waals surface area (Å²) in [5.74, 6) is 3.76. The van der Waals surface area contributed by atoms with Gasteiger partial charge in [0.15, 0.2) is 0 Å². The SMILES string of the molecule is CC(C)(C)[C@H]1CC[C@]2(C)[C@H]3CC[C@]4(C)C(=O)[C@H]5C[C@H]5[C@H]4[C@@H]3C=C[C@]2(O)C1. The van der Waals surface area contributed by atoms with Gasteiger partial charge in [0.2, 0.25) is 0 Å². The number of fused-ring (bicyclic) bond motifs is 7. The molecule has 0 heterocycles. The molecule has 144 valence electrons. The number of aliphatic hydroxyl groups is 1. The maximum Gasteiger partial charge on any atom is 0.142 e. The second-order valence-corrected chi connectivity index (χ2v) is 12.0. The van der Waals surface area contributed by atoms with Gasteiger partial charge in [-0.25, -0.2) is 0 Å². The smallest absolute Gasteiger partial charge is 0.142 e. The Kier molecular flexibility index (Phi) is 3.26. The van der Waals surface area contributed by atoms with Crippen LogP contribution in [0.25, 0.3) is 0 Å². The first-order valence-corrected chi connectivity index (χ1v) is 11.0. The molecule has 0 spiro atoms. The lowest BCUT2D eigenvalue weighted by atomic mass is 9.44. The van der Waals surface area contributed by atoms with Gasteiger partial charge in [0.05, 0.1) is 5.60 Å². The van der Waals surface area contributed by atoms with Crippen LogP contribution in [0.3, 0.4) is 0 Å². The summed E-state index contributed by atoms with van der Waals surface area (Å²) in [5, 5.41) is 11.8. The molecule has 0 radical (unpaired) electrons. The van der Waals surface area contributed by atoms with Crippen molar-refractivity contribution < 1.29 is 9.90 Å². The molecule has 5 aliphatic rings. The highest BCUT2D eigenvalue weighted by molar-refractivity contribution is 5.92. The van der Waals surface area contributed by atoms with Gasteiger partial charge in [-0.3, -0.25) is 4.79 Å². The Hall–Kier alpha value is -0.630. The predicted molar refractivity (Wildman–Crippen MR) is 103 cm³/mol. The quantitative estimate of drug-likeness (QED) is 0.620. The molecule has 0 amide bonds. The number of rotatable bonds is 0. The van der Waals surface area contributed by atoms with Crippen molar-refractivity contribution in [3.63, 3.8) is 0 Å². The first-order chi connectivity index (χ1) is 12.0. The Morgan fingerprint density at radius 3 is 2.58 bits per heavy atom. The third kappa shape index (κ3) is 1.95. The lowest BCUT2D eigenvalue weighted by Crippen LogP contribution is -2.61. The van der Waals surface area contributed by atoms with Crippen molar-refractivity contribution in [3.05, 3.63) is 12.2 Å². The van der Waals surface area contributed by atoms with Gasteiger partial charge in [-0.05, 0) is 73.5 Å². The van der Waals surface area contributed by atoms with Crippen LogP contribution in [-0.2, 0) is 4.79 Å². The minimum absolute atomic E-state index is 0.0223. The summed E-state index contributed by atoms with van der Waals surface area (Å²) in [6.07, 6.45) is 11.1. The number of carbonyl (C=O) groups is 1. The van der Waals surface area contributed by atoms with Crippen LogP contribution >= 0.6 is 0 Å². The highest BCUT2D eigenvalue weighted by Gasteiger charge is 2.71. The zero-order chi connectivity index (χ0) is 18.7.